The van der Waals surface area contributed by atoms with Crippen LogP contribution in [0.25, 0.3) is 0 Å². The third-order valence-corrected chi connectivity index (χ3v) is 7.28. The monoisotopic (exact) mass is 474 g/mol. The SMILES string of the molecule is CC(=O)SCCCCCCCCCCCOCCCCCCCCCCCSC(C)=O. The standard InChI is InChI=1S/C26H50O3S2/c1-25(27)30-23-19-15-11-7-3-5-9-13-17-21-29-22-18-14-10-6-4-8-12-16-20-24-31-26(2)28/h3-24H2,1-2H3. The highest BCUT2D eigenvalue weighted by atomic mass is 32.2. The smallest absolute Gasteiger partial charge is 0.185 e. The molecule has 0 aromatic carbocycles. The van der Waals surface area contributed by atoms with Crippen molar-refractivity contribution in [1.82, 2.24) is 0 Å². The summed E-state index contributed by atoms with van der Waals surface area (Å²) in [4.78, 5) is 21.7. The van der Waals surface area contributed by atoms with Gasteiger partial charge in [0, 0.05) is 38.6 Å². The molecule has 31 heavy (non-hydrogen) atoms. The van der Waals surface area contributed by atoms with Crippen LogP contribution in [-0.4, -0.2) is 35.0 Å². The molecule has 0 aliphatic rings. The van der Waals surface area contributed by atoms with Crippen LogP contribution in [0.4, 0.5) is 0 Å². The molecule has 5 heteroatoms. The summed E-state index contributed by atoms with van der Waals surface area (Å²) in [5.74, 6) is 2.00. The molecule has 0 rings (SSSR count). The highest BCUT2D eigenvalue weighted by Gasteiger charge is 1.97. The van der Waals surface area contributed by atoms with Crippen LogP contribution in [0.3, 0.4) is 0 Å². The zero-order chi connectivity index (χ0) is 22.8. The van der Waals surface area contributed by atoms with E-state index in [4.69, 9.17) is 4.74 Å². The lowest BCUT2D eigenvalue weighted by molar-refractivity contribution is -0.109. The van der Waals surface area contributed by atoms with Crippen LogP contribution < -0.4 is 0 Å². The van der Waals surface area contributed by atoms with E-state index in [0.717, 1.165) is 24.7 Å². The minimum Gasteiger partial charge on any atom is -0.381 e. The van der Waals surface area contributed by atoms with Crippen molar-refractivity contribution in [1.29, 1.82) is 0 Å². The van der Waals surface area contributed by atoms with Gasteiger partial charge in [0.15, 0.2) is 10.2 Å². The third kappa shape index (κ3) is 30.0. The van der Waals surface area contributed by atoms with E-state index in [1.165, 1.54) is 139 Å². The Kier molecular flexibility index (Phi) is 26.3. The molecule has 0 unspecified atom stereocenters. The molecule has 0 heterocycles. The quantitative estimate of drug-likeness (QED) is 0.131. The summed E-state index contributed by atoms with van der Waals surface area (Å²) in [6, 6.07) is 0. The number of ether oxygens (including phenoxy) is 1. The molecule has 0 atom stereocenters. The normalized spacial score (nSPS) is 11.2. The molecule has 0 aliphatic carbocycles. The molecule has 0 N–H and O–H groups in total. The van der Waals surface area contributed by atoms with E-state index in [1.807, 2.05) is 0 Å². The average molecular weight is 475 g/mol. The van der Waals surface area contributed by atoms with Crippen molar-refractivity contribution < 1.29 is 14.3 Å². The fraction of sp³-hybridized carbons (Fsp3) is 0.923. The predicted octanol–water partition coefficient (Wildman–Crippen LogP) is 8.58. The van der Waals surface area contributed by atoms with Crippen molar-refractivity contribution in [2.75, 3.05) is 24.7 Å². The number of rotatable bonds is 24. The highest BCUT2D eigenvalue weighted by Crippen LogP contribution is 2.13. The number of carbonyl (C=O) groups is 2. The Morgan fingerprint density at radius 2 is 0.710 bits per heavy atom. The minimum absolute atomic E-state index is 0.250. The minimum atomic E-state index is 0.250. The fourth-order valence-electron chi connectivity index (χ4n) is 3.62. The van der Waals surface area contributed by atoms with E-state index in [1.54, 1.807) is 13.8 Å². The van der Waals surface area contributed by atoms with Crippen molar-refractivity contribution in [2.45, 2.75) is 129 Å². The van der Waals surface area contributed by atoms with Gasteiger partial charge in [-0.1, -0.05) is 113 Å². The summed E-state index contributed by atoms with van der Waals surface area (Å²) in [5.41, 5.74) is 0. The second-order valence-electron chi connectivity index (χ2n) is 8.66. The molecule has 0 aromatic heterocycles. The number of hydrogen-bond acceptors (Lipinski definition) is 5. The summed E-state index contributed by atoms with van der Waals surface area (Å²) in [5, 5.41) is 0.500. The second kappa shape index (κ2) is 26.3. The third-order valence-electron chi connectivity index (χ3n) is 5.48. The van der Waals surface area contributed by atoms with Crippen LogP contribution in [0.15, 0.2) is 0 Å². The molecule has 0 amide bonds. The first kappa shape index (κ1) is 31.0. The van der Waals surface area contributed by atoms with Gasteiger partial charge in [0.25, 0.3) is 0 Å². The van der Waals surface area contributed by atoms with Crippen molar-refractivity contribution in [2.24, 2.45) is 0 Å². The first-order valence-corrected chi connectivity index (χ1v) is 14.9. The summed E-state index contributed by atoms with van der Waals surface area (Å²) in [6.07, 6.45) is 23.4. The molecule has 0 spiro atoms. The van der Waals surface area contributed by atoms with Crippen molar-refractivity contribution in [3.05, 3.63) is 0 Å². The van der Waals surface area contributed by atoms with E-state index in [-0.39, 0.29) is 10.2 Å². The van der Waals surface area contributed by atoms with Crippen molar-refractivity contribution >= 4 is 33.8 Å². The van der Waals surface area contributed by atoms with Gasteiger partial charge in [0.05, 0.1) is 0 Å². The van der Waals surface area contributed by atoms with Crippen LogP contribution in [-0.2, 0) is 14.3 Å². The molecule has 184 valence electrons. The van der Waals surface area contributed by atoms with E-state index in [0.29, 0.717) is 0 Å². The van der Waals surface area contributed by atoms with Crippen LogP contribution >= 0.6 is 23.5 Å². The summed E-state index contributed by atoms with van der Waals surface area (Å²) < 4.78 is 5.78. The Bertz CT molecular complexity index is 366. The predicted molar refractivity (Wildman–Crippen MR) is 140 cm³/mol. The van der Waals surface area contributed by atoms with Gasteiger partial charge >= 0.3 is 0 Å². The lowest BCUT2D eigenvalue weighted by atomic mass is 10.1. The number of carbonyl (C=O) groups excluding carboxylic acids is 2. The van der Waals surface area contributed by atoms with E-state index < -0.39 is 0 Å². The van der Waals surface area contributed by atoms with Crippen molar-refractivity contribution in [3.63, 3.8) is 0 Å². The zero-order valence-electron chi connectivity index (χ0n) is 20.6. The van der Waals surface area contributed by atoms with Gasteiger partial charge in [-0.15, -0.1) is 0 Å². The maximum Gasteiger partial charge on any atom is 0.185 e. The van der Waals surface area contributed by atoms with Gasteiger partial charge in [-0.05, 0) is 25.7 Å². The molecule has 0 bridgehead atoms. The van der Waals surface area contributed by atoms with Crippen molar-refractivity contribution in [3.8, 4) is 0 Å². The van der Waals surface area contributed by atoms with Gasteiger partial charge in [-0.25, -0.2) is 0 Å². The van der Waals surface area contributed by atoms with Gasteiger partial charge < -0.3 is 4.74 Å². The molecular formula is C26H50O3S2. The van der Waals surface area contributed by atoms with Crippen LogP contribution in [0.1, 0.15) is 129 Å². The largest absolute Gasteiger partial charge is 0.381 e. The summed E-state index contributed by atoms with van der Waals surface area (Å²) in [6.45, 7) is 5.19. The molecule has 3 nitrogen and oxygen atoms in total. The lowest BCUT2D eigenvalue weighted by Gasteiger charge is -2.05. The van der Waals surface area contributed by atoms with Gasteiger partial charge in [0.2, 0.25) is 0 Å². The van der Waals surface area contributed by atoms with Gasteiger partial charge in [-0.2, -0.15) is 0 Å². The van der Waals surface area contributed by atoms with E-state index in [9.17, 15) is 9.59 Å². The Balaban J connectivity index is 3.02. The number of thioether (sulfide) groups is 2. The maximum absolute atomic E-state index is 10.8. The fourth-order valence-corrected chi connectivity index (χ4v) is 4.89. The van der Waals surface area contributed by atoms with Crippen LogP contribution in [0.2, 0.25) is 0 Å². The zero-order valence-corrected chi connectivity index (χ0v) is 22.2. The lowest BCUT2D eigenvalue weighted by Crippen LogP contribution is -1.97. The first-order valence-electron chi connectivity index (χ1n) is 13.0. The number of hydrogen-bond donors (Lipinski definition) is 0. The van der Waals surface area contributed by atoms with Crippen LogP contribution in [0.5, 0.6) is 0 Å². The molecule has 0 fully saturated rings. The maximum atomic E-state index is 10.8. The summed E-state index contributed by atoms with van der Waals surface area (Å²) in [7, 11) is 0. The molecule has 0 radical (unpaired) electrons. The van der Waals surface area contributed by atoms with Gasteiger partial charge in [-0.3, -0.25) is 9.59 Å². The topological polar surface area (TPSA) is 43.4 Å². The average Bonchev–Trinajstić information content (AvgIpc) is 2.73. The van der Waals surface area contributed by atoms with Crippen LogP contribution in [0, 0.1) is 0 Å². The molecule has 0 saturated heterocycles. The van der Waals surface area contributed by atoms with Gasteiger partial charge in [0.1, 0.15) is 0 Å². The molecule has 0 aromatic rings. The number of unbranched alkanes of at least 4 members (excludes halogenated alkanes) is 16. The highest BCUT2D eigenvalue weighted by molar-refractivity contribution is 8.13. The Hall–Kier alpha value is -0.0000000000000000555. The second-order valence-corrected chi connectivity index (χ2v) is 11.2. The first-order chi connectivity index (χ1) is 15.1. The summed E-state index contributed by atoms with van der Waals surface area (Å²) >= 11 is 2.93. The molecule has 0 aliphatic heterocycles. The van der Waals surface area contributed by atoms with E-state index in [2.05, 4.69) is 0 Å². The molecule has 0 saturated carbocycles. The molecular weight excluding hydrogens is 424 g/mol. The van der Waals surface area contributed by atoms with E-state index >= 15 is 0 Å². The Labute approximate surface area is 202 Å². The Morgan fingerprint density at radius 3 is 1.00 bits per heavy atom. The Morgan fingerprint density at radius 1 is 0.452 bits per heavy atom.